The smallest absolute Gasteiger partial charge is 0.269 e. The molecule has 6 nitrogen and oxygen atoms in total. The molecule has 0 saturated heterocycles. The Morgan fingerprint density at radius 3 is 2.38 bits per heavy atom. The van der Waals surface area contributed by atoms with E-state index in [1.54, 1.807) is 64.6 Å². The van der Waals surface area contributed by atoms with E-state index in [2.05, 4.69) is 16.9 Å². The molecule has 0 atom stereocenters. The average molecular weight is 421 g/mol. The van der Waals surface area contributed by atoms with E-state index < -0.39 is 0 Å². The van der Waals surface area contributed by atoms with Crippen LogP contribution in [-0.2, 0) is 4.79 Å². The summed E-state index contributed by atoms with van der Waals surface area (Å²) >= 11 is 1.36. The average Bonchev–Trinajstić information content (AvgIpc) is 2.68. The highest BCUT2D eigenvalue weighted by atomic mass is 32.2. The molecule has 0 heterocycles. The van der Waals surface area contributed by atoms with E-state index in [9.17, 15) is 4.79 Å². The van der Waals surface area contributed by atoms with E-state index in [-0.39, 0.29) is 12.0 Å². The summed E-state index contributed by atoms with van der Waals surface area (Å²) in [5, 5.41) is 10.9. The lowest BCUT2D eigenvalue weighted by Gasteiger charge is -2.14. The molecule has 0 aliphatic rings. The number of carbonyl (C=O) groups is 1. The maximum absolute atomic E-state index is 12.7. The van der Waals surface area contributed by atoms with Crippen LogP contribution in [0, 0.1) is 0 Å². The maximum Gasteiger partial charge on any atom is 0.269 e. The Labute approximate surface area is 180 Å². The van der Waals surface area contributed by atoms with Gasteiger partial charge in [-0.3, -0.25) is 14.7 Å². The quantitative estimate of drug-likeness (QED) is 0.229. The van der Waals surface area contributed by atoms with Gasteiger partial charge in [0.1, 0.15) is 0 Å². The van der Waals surface area contributed by atoms with Crippen LogP contribution in [0.4, 0.5) is 0 Å². The number of aliphatic hydroxyl groups is 1. The van der Waals surface area contributed by atoms with Crippen LogP contribution in [0.15, 0.2) is 76.1 Å². The van der Waals surface area contributed by atoms with Crippen molar-refractivity contribution in [1.29, 1.82) is 0 Å². The number of nitrogens with zero attached hydrogens (tertiary/aromatic N) is 2. The van der Waals surface area contributed by atoms with E-state index in [1.165, 1.54) is 23.0 Å². The molecular formula is C22H36N4O2S. The summed E-state index contributed by atoms with van der Waals surface area (Å²) in [5.41, 5.74) is 8.38. The van der Waals surface area contributed by atoms with Gasteiger partial charge in [-0.2, -0.15) is 0 Å². The number of thioether (sulfide) groups is 1. The van der Waals surface area contributed by atoms with Gasteiger partial charge in [0.05, 0.1) is 11.2 Å². The summed E-state index contributed by atoms with van der Waals surface area (Å²) in [6.45, 7) is 10.9. The molecule has 0 rings (SSSR count). The second kappa shape index (κ2) is 17.6. The van der Waals surface area contributed by atoms with Gasteiger partial charge in [-0.05, 0) is 64.0 Å². The predicted molar refractivity (Wildman–Crippen MR) is 128 cm³/mol. The molecule has 0 fully saturated rings. The summed E-state index contributed by atoms with van der Waals surface area (Å²) in [6, 6.07) is 0. The number of hydrogen-bond donors (Lipinski definition) is 3. The largest absolute Gasteiger partial charge is 0.398 e. The molecule has 0 aromatic heterocycles. The van der Waals surface area contributed by atoms with Crippen LogP contribution < -0.4 is 11.1 Å². The highest BCUT2D eigenvalue weighted by Gasteiger charge is 2.14. The Morgan fingerprint density at radius 1 is 1.34 bits per heavy atom. The monoisotopic (exact) mass is 420 g/mol. The fourth-order valence-electron chi connectivity index (χ4n) is 1.56. The first-order valence-corrected chi connectivity index (χ1v) is 10.3. The molecule has 0 spiro atoms. The van der Waals surface area contributed by atoms with E-state index in [0.29, 0.717) is 10.6 Å². The summed E-state index contributed by atoms with van der Waals surface area (Å²) < 4.78 is 0. The molecule has 0 aliphatic heterocycles. The molecule has 0 radical (unpaired) electrons. The van der Waals surface area contributed by atoms with E-state index in [4.69, 9.17) is 10.8 Å². The molecule has 29 heavy (non-hydrogen) atoms. The number of hydrogen-bond acceptors (Lipinski definition) is 6. The van der Waals surface area contributed by atoms with Crippen LogP contribution >= 0.6 is 11.8 Å². The van der Waals surface area contributed by atoms with Crippen LogP contribution in [0.3, 0.4) is 0 Å². The Hall–Kier alpha value is -2.51. The van der Waals surface area contributed by atoms with Gasteiger partial charge < -0.3 is 16.2 Å². The first kappa shape index (κ1) is 28.7. The lowest BCUT2D eigenvalue weighted by Crippen LogP contribution is -2.25. The highest BCUT2D eigenvalue weighted by molar-refractivity contribution is 8.03. The lowest BCUT2D eigenvalue weighted by atomic mass is 10.2. The topological polar surface area (TPSA) is 91.0 Å². The Bertz CT molecular complexity index is 684. The van der Waals surface area contributed by atoms with Crippen molar-refractivity contribution in [2.45, 2.75) is 33.8 Å². The van der Waals surface area contributed by atoms with Crippen molar-refractivity contribution in [3.63, 3.8) is 0 Å². The van der Waals surface area contributed by atoms with Gasteiger partial charge >= 0.3 is 0 Å². The van der Waals surface area contributed by atoms with Crippen molar-refractivity contribution in [2.75, 3.05) is 20.4 Å². The first-order valence-electron chi connectivity index (χ1n) is 9.10. The zero-order valence-corrected chi connectivity index (χ0v) is 19.5. The zero-order valence-electron chi connectivity index (χ0n) is 18.6. The minimum Gasteiger partial charge on any atom is -0.398 e. The molecule has 4 N–H and O–H groups in total. The molecule has 1 amide bonds. The molecular weight excluding hydrogens is 384 g/mol. The number of carbonyl (C=O) groups excluding carboxylic acids is 1. The Morgan fingerprint density at radius 2 is 1.93 bits per heavy atom. The number of rotatable bonds is 9. The fourth-order valence-corrected chi connectivity index (χ4v) is 2.13. The van der Waals surface area contributed by atoms with Crippen LogP contribution in [0.5, 0.6) is 0 Å². The molecule has 7 heteroatoms. The van der Waals surface area contributed by atoms with E-state index >= 15 is 0 Å². The number of amides is 1. The Balaban J connectivity index is 0. The first-order chi connectivity index (χ1) is 13.6. The van der Waals surface area contributed by atoms with Crippen molar-refractivity contribution in [3.05, 3.63) is 71.1 Å². The number of aliphatic imine (C=N–C) groups is 1. The molecule has 0 aromatic carbocycles. The van der Waals surface area contributed by atoms with Gasteiger partial charge in [-0.1, -0.05) is 24.3 Å². The SMILES string of the molecule is C=C/C(C)=C\C=C\N(C=NC)C(=O)/C(=C/C(C)=C(N)/C=C\NC)SC.CC(C)O. The lowest BCUT2D eigenvalue weighted by molar-refractivity contribution is -0.120. The summed E-state index contributed by atoms with van der Waals surface area (Å²) in [4.78, 5) is 18.7. The predicted octanol–water partition coefficient (Wildman–Crippen LogP) is 3.72. The summed E-state index contributed by atoms with van der Waals surface area (Å²) in [7, 11) is 3.41. The van der Waals surface area contributed by atoms with Crippen molar-refractivity contribution >= 4 is 24.0 Å². The highest BCUT2D eigenvalue weighted by Crippen LogP contribution is 2.18. The van der Waals surface area contributed by atoms with Crippen LogP contribution in [0.25, 0.3) is 0 Å². The minimum atomic E-state index is -0.177. The van der Waals surface area contributed by atoms with Crippen LogP contribution in [-0.4, -0.2) is 48.7 Å². The second-order valence-corrected chi connectivity index (χ2v) is 6.96. The third-order valence-corrected chi connectivity index (χ3v) is 3.80. The van der Waals surface area contributed by atoms with E-state index in [1.807, 2.05) is 26.2 Å². The van der Waals surface area contributed by atoms with Crippen molar-refractivity contribution < 1.29 is 9.90 Å². The van der Waals surface area contributed by atoms with Crippen molar-refractivity contribution in [3.8, 4) is 0 Å². The van der Waals surface area contributed by atoms with Gasteiger partial charge in [0.2, 0.25) is 0 Å². The van der Waals surface area contributed by atoms with Gasteiger partial charge in [0.15, 0.2) is 0 Å². The van der Waals surface area contributed by atoms with Crippen LogP contribution in [0.2, 0.25) is 0 Å². The molecule has 0 bridgehead atoms. The molecule has 0 aromatic rings. The third kappa shape index (κ3) is 15.1. The minimum absolute atomic E-state index is 0.167. The molecule has 0 unspecified atom stereocenters. The number of allylic oxidation sites excluding steroid dienone is 7. The summed E-state index contributed by atoms with van der Waals surface area (Å²) in [5.74, 6) is -0.177. The fraction of sp³-hybridized carbons (Fsp3) is 0.364. The van der Waals surface area contributed by atoms with Gasteiger partial charge in [0, 0.05) is 32.1 Å². The van der Waals surface area contributed by atoms with Gasteiger partial charge in [-0.25, -0.2) is 0 Å². The van der Waals surface area contributed by atoms with Gasteiger partial charge in [-0.15, -0.1) is 11.8 Å². The molecule has 0 saturated carbocycles. The second-order valence-electron chi connectivity index (χ2n) is 6.11. The maximum atomic E-state index is 12.7. The normalized spacial score (nSPS) is 13.6. The zero-order chi connectivity index (χ0) is 22.8. The summed E-state index contributed by atoms with van der Waals surface area (Å²) in [6.07, 6.45) is 15.5. The molecule has 162 valence electrons. The van der Waals surface area contributed by atoms with Gasteiger partial charge in [0.25, 0.3) is 5.91 Å². The van der Waals surface area contributed by atoms with Crippen molar-refractivity contribution in [1.82, 2.24) is 10.2 Å². The number of aliphatic hydroxyl groups excluding tert-OH is 1. The van der Waals surface area contributed by atoms with Crippen LogP contribution in [0.1, 0.15) is 27.7 Å². The van der Waals surface area contributed by atoms with Crippen molar-refractivity contribution in [2.24, 2.45) is 10.7 Å². The van der Waals surface area contributed by atoms with E-state index in [0.717, 1.165) is 11.1 Å². The molecule has 0 aliphatic carbocycles. The standard InChI is InChI=1S/C19H28N4OS.C3H8O/c1-7-15(2)9-8-12-23(14-22-5)19(24)18(25-6)13-16(3)17(20)10-11-21-4;1-3(2)4/h7-14,21H,1,20H2,2-6H3;3-4H,1-2H3/b11-10-,12-8+,15-9-,17-16-,18-13-,22-14?;. The third-order valence-electron chi connectivity index (χ3n) is 3.07. The number of nitrogens with two attached hydrogens (primary N) is 1. The number of nitrogens with one attached hydrogen (secondary N) is 1. The Kier molecular flexibility index (Phi) is 17.4.